The lowest BCUT2D eigenvalue weighted by Crippen LogP contribution is -1.94. The molecule has 0 atom stereocenters. The Kier molecular flexibility index (Phi) is 6.85. The van der Waals surface area contributed by atoms with Gasteiger partial charge in [0.15, 0.2) is 0 Å². The number of nitrogens with zero attached hydrogens (tertiary/aromatic N) is 2. The van der Waals surface area contributed by atoms with Crippen LogP contribution in [0.4, 0.5) is 0 Å². The summed E-state index contributed by atoms with van der Waals surface area (Å²) in [6.45, 7) is 0. The molecule has 0 radical (unpaired) electrons. The smallest absolute Gasteiger partial charge is 0.0571 e. The van der Waals surface area contributed by atoms with Crippen LogP contribution in [0.15, 0.2) is 194 Å². The summed E-state index contributed by atoms with van der Waals surface area (Å²) in [5.41, 5.74) is 13.2. The Hall–Kier alpha value is -6.77. The highest BCUT2D eigenvalue weighted by atomic mass is 15.0. The van der Waals surface area contributed by atoms with Gasteiger partial charge in [0.1, 0.15) is 0 Å². The zero-order chi connectivity index (χ0) is 33.7. The van der Waals surface area contributed by atoms with E-state index in [1.54, 1.807) is 0 Å². The maximum atomic E-state index is 4.44. The van der Waals surface area contributed by atoms with Gasteiger partial charge in [0.2, 0.25) is 0 Å². The predicted molar refractivity (Wildman–Crippen MR) is 215 cm³/mol. The van der Waals surface area contributed by atoms with Crippen LogP contribution < -0.4 is 0 Å². The van der Waals surface area contributed by atoms with E-state index in [9.17, 15) is 0 Å². The third-order valence-electron chi connectivity index (χ3n) is 10.3. The van der Waals surface area contributed by atoms with Gasteiger partial charge in [0, 0.05) is 28.9 Å². The molecule has 0 unspecified atom stereocenters. The highest BCUT2D eigenvalue weighted by Crippen LogP contribution is 2.45. The Bertz CT molecular complexity index is 2850. The van der Waals surface area contributed by atoms with E-state index >= 15 is 0 Å². The fourth-order valence-corrected chi connectivity index (χ4v) is 7.99. The van der Waals surface area contributed by atoms with Crippen LogP contribution >= 0.6 is 0 Å². The summed E-state index contributed by atoms with van der Waals surface area (Å²) in [6.07, 6.45) is 3.85. The molecular formula is C49H32N2. The maximum Gasteiger partial charge on any atom is 0.0571 e. The second-order valence-electron chi connectivity index (χ2n) is 13.2. The minimum atomic E-state index is 1.13. The molecule has 0 aliphatic carbocycles. The van der Waals surface area contributed by atoms with Gasteiger partial charge < -0.3 is 4.57 Å². The second kappa shape index (κ2) is 12.0. The largest absolute Gasteiger partial charge is 0.309 e. The lowest BCUT2D eigenvalue weighted by atomic mass is 9.85. The zero-order valence-electron chi connectivity index (χ0n) is 27.9. The molecule has 2 heteroatoms. The summed E-state index contributed by atoms with van der Waals surface area (Å²) in [5.74, 6) is 0. The van der Waals surface area contributed by atoms with Crippen LogP contribution in [0.3, 0.4) is 0 Å². The SMILES string of the molecule is c1ccc(-c2c3ccccc3c(-c3ccccc3)c3cc(-c4cccc(-c5cccc(-n6c7ccccc7c7cnccc76)c5)c4)ccc23)cc1. The van der Waals surface area contributed by atoms with Crippen molar-refractivity contribution in [3.05, 3.63) is 194 Å². The molecule has 10 aromatic rings. The number of benzene rings is 8. The van der Waals surface area contributed by atoms with Crippen molar-refractivity contribution in [3.63, 3.8) is 0 Å². The van der Waals surface area contributed by atoms with E-state index in [0.29, 0.717) is 0 Å². The molecule has 0 N–H and O–H groups in total. The van der Waals surface area contributed by atoms with Crippen molar-refractivity contribution in [3.8, 4) is 50.2 Å². The Labute approximate surface area is 296 Å². The van der Waals surface area contributed by atoms with Crippen LogP contribution in [0, 0.1) is 0 Å². The summed E-state index contributed by atoms with van der Waals surface area (Å²) in [4.78, 5) is 4.44. The van der Waals surface area contributed by atoms with Gasteiger partial charge in [-0.3, -0.25) is 4.98 Å². The standard InChI is InChI=1S/C49H32N2/c1-3-13-33(14-4-1)48-41-22-7-8-23-42(41)49(34-15-5-2-6-16-34)44-31-38(25-26-43(44)48)36-18-11-17-35(29-36)37-19-12-20-39(30-37)51-46-24-10-9-21-40(46)45-32-50-28-27-47(45)51/h1-32H. The van der Waals surface area contributed by atoms with Crippen LogP contribution in [0.2, 0.25) is 0 Å². The Balaban J connectivity index is 1.15. The molecule has 0 saturated carbocycles. The molecule has 10 rings (SSSR count). The lowest BCUT2D eigenvalue weighted by Gasteiger charge is -2.19. The number of para-hydroxylation sites is 1. The summed E-state index contributed by atoms with van der Waals surface area (Å²) >= 11 is 0. The van der Waals surface area contributed by atoms with Gasteiger partial charge in [0.05, 0.1) is 11.0 Å². The molecule has 0 aliphatic heterocycles. The van der Waals surface area contributed by atoms with E-state index < -0.39 is 0 Å². The van der Waals surface area contributed by atoms with Crippen molar-refractivity contribution < 1.29 is 0 Å². The van der Waals surface area contributed by atoms with Crippen molar-refractivity contribution in [2.45, 2.75) is 0 Å². The fraction of sp³-hybridized carbons (Fsp3) is 0. The monoisotopic (exact) mass is 648 g/mol. The first kappa shape index (κ1) is 29.2. The van der Waals surface area contributed by atoms with Gasteiger partial charge in [0.25, 0.3) is 0 Å². The van der Waals surface area contributed by atoms with Gasteiger partial charge in [-0.2, -0.15) is 0 Å². The summed E-state index contributed by atoms with van der Waals surface area (Å²) in [5, 5.41) is 7.41. The van der Waals surface area contributed by atoms with Crippen LogP contribution in [-0.4, -0.2) is 9.55 Å². The van der Waals surface area contributed by atoms with Crippen LogP contribution in [0.5, 0.6) is 0 Å². The number of pyridine rings is 1. The van der Waals surface area contributed by atoms with Crippen molar-refractivity contribution in [2.24, 2.45) is 0 Å². The first-order valence-electron chi connectivity index (χ1n) is 17.5. The van der Waals surface area contributed by atoms with Crippen molar-refractivity contribution in [2.75, 3.05) is 0 Å². The van der Waals surface area contributed by atoms with E-state index in [-0.39, 0.29) is 0 Å². The minimum absolute atomic E-state index is 1.13. The third kappa shape index (κ3) is 4.84. The van der Waals surface area contributed by atoms with Gasteiger partial charge in [-0.05, 0) is 102 Å². The van der Waals surface area contributed by atoms with Crippen molar-refractivity contribution in [1.29, 1.82) is 0 Å². The lowest BCUT2D eigenvalue weighted by molar-refractivity contribution is 1.17. The highest BCUT2D eigenvalue weighted by molar-refractivity contribution is 6.22. The highest BCUT2D eigenvalue weighted by Gasteiger charge is 2.18. The molecule has 0 aliphatic rings. The Morgan fingerprint density at radius 2 is 0.824 bits per heavy atom. The number of hydrogen-bond acceptors (Lipinski definition) is 1. The first-order valence-corrected chi connectivity index (χ1v) is 17.5. The van der Waals surface area contributed by atoms with E-state index in [1.807, 2.05) is 12.4 Å². The zero-order valence-corrected chi connectivity index (χ0v) is 27.9. The van der Waals surface area contributed by atoms with E-state index in [0.717, 1.165) is 16.6 Å². The average Bonchev–Trinajstić information content (AvgIpc) is 3.55. The molecule has 0 spiro atoms. The third-order valence-corrected chi connectivity index (χ3v) is 10.3. The summed E-state index contributed by atoms with van der Waals surface area (Å²) in [7, 11) is 0. The average molecular weight is 649 g/mol. The Morgan fingerprint density at radius 3 is 1.53 bits per heavy atom. The minimum Gasteiger partial charge on any atom is -0.309 e. The summed E-state index contributed by atoms with van der Waals surface area (Å²) < 4.78 is 2.35. The molecule has 2 heterocycles. The van der Waals surface area contributed by atoms with Crippen LogP contribution in [0.1, 0.15) is 0 Å². The molecule has 2 aromatic heterocycles. The molecule has 0 bridgehead atoms. The molecule has 0 amide bonds. The molecule has 8 aromatic carbocycles. The molecule has 0 saturated heterocycles. The van der Waals surface area contributed by atoms with Gasteiger partial charge in [-0.15, -0.1) is 0 Å². The van der Waals surface area contributed by atoms with Crippen LogP contribution in [0.25, 0.3) is 93.5 Å². The molecule has 2 nitrogen and oxygen atoms in total. The van der Waals surface area contributed by atoms with Crippen LogP contribution in [-0.2, 0) is 0 Å². The maximum absolute atomic E-state index is 4.44. The molecule has 238 valence electrons. The van der Waals surface area contributed by atoms with Gasteiger partial charge >= 0.3 is 0 Å². The quantitative estimate of drug-likeness (QED) is 0.170. The van der Waals surface area contributed by atoms with E-state index in [1.165, 1.54) is 77.0 Å². The molecule has 51 heavy (non-hydrogen) atoms. The van der Waals surface area contributed by atoms with Crippen molar-refractivity contribution in [1.82, 2.24) is 9.55 Å². The number of fused-ring (bicyclic) bond motifs is 5. The normalized spacial score (nSPS) is 11.5. The number of aromatic nitrogens is 2. The predicted octanol–water partition coefficient (Wildman–Crippen LogP) is 13.2. The van der Waals surface area contributed by atoms with Crippen molar-refractivity contribution >= 4 is 43.4 Å². The molecular weight excluding hydrogens is 617 g/mol. The molecule has 0 fully saturated rings. The summed E-state index contributed by atoms with van der Waals surface area (Å²) in [6, 6.07) is 66.1. The topological polar surface area (TPSA) is 17.8 Å². The van der Waals surface area contributed by atoms with E-state index in [2.05, 4.69) is 192 Å². The fourth-order valence-electron chi connectivity index (χ4n) is 7.99. The Morgan fingerprint density at radius 1 is 0.314 bits per heavy atom. The van der Waals surface area contributed by atoms with E-state index in [4.69, 9.17) is 0 Å². The van der Waals surface area contributed by atoms with Gasteiger partial charge in [-0.25, -0.2) is 0 Å². The van der Waals surface area contributed by atoms with Gasteiger partial charge in [-0.1, -0.05) is 146 Å². The number of rotatable bonds is 5. The second-order valence-corrected chi connectivity index (χ2v) is 13.2. The first-order chi connectivity index (χ1) is 25.3. The number of hydrogen-bond donors (Lipinski definition) is 0.